The summed E-state index contributed by atoms with van der Waals surface area (Å²) in [5.74, 6) is 0.418. The first-order valence-corrected chi connectivity index (χ1v) is 7.40. The highest BCUT2D eigenvalue weighted by Crippen LogP contribution is 2.32. The van der Waals surface area contributed by atoms with E-state index >= 15 is 0 Å². The summed E-state index contributed by atoms with van der Waals surface area (Å²) < 4.78 is 0.798. The number of halogens is 1. The van der Waals surface area contributed by atoms with E-state index in [1.165, 1.54) is 0 Å². The summed E-state index contributed by atoms with van der Waals surface area (Å²) in [7, 11) is 0. The number of hydrogen-bond acceptors (Lipinski definition) is 3. The van der Waals surface area contributed by atoms with Crippen molar-refractivity contribution in [3.8, 4) is 0 Å². The monoisotopic (exact) mass is 339 g/mol. The number of nitrogens with one attached hydrogen (secondary N) is 1. The van der Waals surface area contributed by atoms with E-state index in [1.54, 1.807) is 12.1 Å². The Balaban J connectivity index is 2.23. The molecule has 2 rings (SSSR count). The second-order valence-corrected chi connectivity index (χ2v) is 6.09. The van der Waals surface area contributed by atoms with E-state index in [4.69, 9.17) is 10.9 Å². The summed E-state index contributed by atoms with van der Waals surface area (Å²) in [6, 6.07) is 5.26. The van der Waals surface area contributed by atoms with Crippen LogP contribution >= 0.6 is 15.9 Å². The van der Waals surface area contributed by atoms with Crippen molar-refractivity contribution in [1.82, 2.24) is 0 Å². The molecule has 0 saturated heterocycles. The van der Waals surface area contributed by atoms with Gasteiger partial charge in [0.05, 0.1) is 5.69 Å². The number of nitrogens with two attached hydrogens (primary N) is 1. The summed E-state index contributed by atoms with van der Waals surface area (Å²) in [4.78, 5) is 12.3. The Bertz CT molecular complexity index is 545. The van der Waals surface area contributed by atoms with Crippen LogP contribution in [0.4, 0.5) is 5.69 Å². The third-order valence-corrected chi connectivity index (χ3v) is 4.31. The Morgan fingerprint density at radius 2 is 2.25 bits per heavy atom. The molecule has 20 heavy (non-hydrogen) atoms. The second kappa shape index (κ2) is 6.26. The van der Waals surface area contributed by atoms with E-state index in [9.17, 15) is 4.79 Å². The van der Waals surface area contributed by atoms with E-state index in [2.05, 4.69) is 33.3 Å². The fourth-order valence-corrected chi connectivity index (χ4v) is 3.01. The SMILES string of the molecule is CC1CCCC1C(=O)Nc1ccc(Br)cc1/C(N)=N/O. The fourth-order valence-electron chi connectivity index (χ4n) is 2.65. The molecule has 0 bridgehead atoms. The van der Waals surface area contributed by atoms with Crippen LogP contribution in [0.15, 0.2) is 27.8 Å². The molecule has 1 aliphatic rings. The van der Waals surface area contributed by atoms with Gasteiger partial charge in [-0.2, -0.15) is 0 Å². The Hall–Kier alpha value is -1.56. The molecule has 1 aliphatic carbocycles. The molecule has 2 atom stereocenters. The summed E-state index contributed by atoms with van der Waals surface area (Å²) in [5.41, 5.74) is 6.71. The van der Waals surface area contributed by atoms with Gasteiger partial charge in [0.2, 0.25) is 5.91 Å². The van der Waals surface area contributed by atoms with Crippen LogP contribution in [-0.4, -0.2) is 17.0 Å². The fraction of sp³-hybridized carbons (Fsp3) is 0.429. The van der Waals surface area contributed by atoms with Crippen LogP contribution < -0.4 is 11.1 Å². The molecule has 4 N–H and O–H groups in total. The highest BCUT2D eigenvalue weighted by atomic mass is 79.9. The van der Waals surface area contributed by atoms with Gasteiger partial charge in [-0.3, -0.25) is 4.79 Å². The lowest BCUT2D eigenvalue weighted by Gasteiger charge is -2.17. The van der Waals surface area contributed by atoms with Crippen LogP contribution in [0.2, 0.25) is 0 Å². The molecule has 108 valence electrons. The quantitative estimate of drug-likeness (QED) is 0.342. The summed E-state index contributed by atoms with van der Waals surface area (Å²) in [6.45, 7) is 2.10. The molecule has 5 nitrogen and oxygen atoms in total. The minimum Gasteiger partial charge on any atom is -0.409 e. The van der Waals surface area contributed by atoms with Gasteiger partial charge in [0.15, 0.2) is 5.84 Å². The van der Waals surface area contributed by atoms with Crippen LogP contribution in [0, 0.1) is 11.8 Å². The summed E-state index contributed by atoms with van der Waals surface area (Å²) >= 11 is 3.33. The van der Waals surface area contributed by atoms with Gasteiger partial charge in [-0.1, -0.05) is 34.4 Å². The zero-order valence-corrected chi connectivity index (χ0v) is 12.9. The molecule has 1 amide bonds. The highest BCUT2D eigenvalue weighted by Gasteiger charge is 2.30. The number of benzene rings is 1. The number of oxime groups is 1. The average Bonchev–Trinajstić information content (AvgIpc) is 2.86. The average molecular weight is 340 g/mol. The Morgan fingerprint density at radius 3 is 2.85 bits per heavy atom. The van der Waals surface area contributed by atoms with Crippen molar-refractivity contribution in [3.63, 3.8) is 0 Å². The third-order valence-electron chi connectivity index (χ3n) is 3.82. The smallest absolute Gasteiger partial charge is 0.227 e. The predicted molar refractivity (Wildman–Crippen MR) is 81.8 cm³/mol. The van der Waals surface area contributed by atoms with Crippen molar-refractivity contribution in [2.75, 3.05) is 5.32 Å². The molecule has 6 heteroatoms. The van der Waals surface area contributed by atoms with E-state index in [-0.39, 0.29) is 17.7 Å². The zero-order chi connectivity index (χ0) is 14.7. The van der Waals surface area contributed by atoms with Gasteiger partial charge in [0, 0.05) is 16.0 Å². The number of amides is 1. The molecule has 1 saturated carbocycles. The molecule has 2 unspecified atom stereocenters. The second-order valence-electron chi connectivity index (χ2n) is 5.18. The van der Waals surface area contributed by atoms with E-state index in [0.29, 0.717) is 17.2 Å². The van der Waals surface area contributed by atoms with Crippen LogP contribution in [0.5, 0.6) is 0 Å². The minimum absolute atomic E-state index is 0.00399. The number of carbonyl (C=O) groups is 1. The molecular formula is C14H18BrN3O2. The molecular weight excluding hydrogens is 322 g/mol. The number of amidine groups is 1. The van der Waals surface area contributed by atoms with Crippen molar-refractivity contribution >= 4 is 33.4 Å². The lowest BCUT2D eigenvalue weighted by molar-refractivity contribution is -0.120. The predicted octanol–water partition coefficient (Wildman–Crippen LogP) is 2.92. The van der Waals surface area contributed by atoms with E-state index < -0.39 is 0 Å². The van der Waals surface area contributed by atoms with E-state index in [0.717, 1.165) is 23.7 Å². The molecule has 0 aromatic heterocycles. The van der Waals surface area contributed by atoms with Crippen molar-refractivity contribution in [1.29, 1.82) is 0 Å². The molecule has 1 aromatic carbocycles. The Kier molecular flexibility index (Phi) is 4.65. The van der Waals surface area contributed by atoms with Crippen molar-refractivity contribution in [2.24, 2.45) is 22.7 Å². The number of rotatable bonds is 3. The van der Waals surface area contributed by atoms with Gasteiger partial charge in [-0.25, -0.2) is 0 Å². The maximum Gasteiger partial charge on any atom is 0.227 e. The number of hydrogen-bond donors (Lipinski definition) is 3. The van der Waals surface area contributed by atoms with Crippen LogP contribution in [0.3, 0.4) is 0 Å². The van der Waals surface area contributed by atoms with Crippen molar-refractivity contribution in [3.05, 3.63) is 28.2 Å². The van der Waals surface area contributed by atoms with Gasteiger partial charge in [-0.15, -0.1) is 0 Å². The molecule has 0 spiro atoms. The number of anilines is 1. The first-order chi connectivity index (χ1) is 9.52. The third kappa shape index (κ3) is 3.12. The van der Waals surface area contributed by atoms with Gasteiger partial charge in [0.25, 0.3) is 0 Å². The first kappa shape index (κ1) is 14.8. The summed E-state index contributed by atoms with van der Waals surface area (Å²) in [6.07, 6.45) is 3.10. The molecule has 1 fully saturated rings. The van der Waals surface area contributed by atoms with Crippen LogP contribution in [0.1, 0.15) is 31.7 Å². The minimum atomic E-state index is -0.0268. The van der Waals surface area contributed by atoms with E-state index in [1.807, 2.05) is 6.07 Å². The first-order valence-electron chi connectivity index (χ1n) is 6.61. The van der Waals surface area contributed by atoms with Gasteiger partial charge in [0.1, 0.15) is 0 Å². The number of nitrogens with zero attached hydrogens (tertiary/aromatic N) is 1. The maximum absolute atomic E-state index is 12.3. The molecule has 0 radical (unpaired) electrons. The Morgan fingerprint density at radius 1 is 1.50 bits per heavy atom. The van der Waals surface area contributed by atoms with Crippen LogP contribution in [-0.2, 0) is 4.79 Å². The standard InChI is InChI=1S/C14H18BrN3O2/c1-8-3-2-4-10(8)14(19)17-12-6-5-9(15)7-11(12)13(16)18-20/h5-8,10,20H,2-4H2,1H3,(H2,16,18)(H,17,19). The Labute approximate surface area is 126 Å². The number of carbonyl (C=O) groups excluding carboxylic acids is 1. The zero-order valence-electron chi connectivity index (χ0n) is 11.3. The molecule has 1 aromatic rings. The van der Waals surface area contributed by atoms with Gasteiger partial charge in [-0.05, 0) is 37.0 Å². The molecule has 0 aliphatic heterocycles. The maximum atomic E-state index is 12.3. The topological polar surface area (TPSA) is 87.7 Å². The lowest BCUT2D eigenvalue weighted by Crippen LogP contribution is -2.26. The molecule has 0 heterocycles. The van der Waals surface area contributed by atoms with Crippen molar-refractivity contribution < 1.29 is 10.0 Å². The van der Waals surface area contributed by atoms with Crippen molar-refractivity contribution in [2.45, 2.75) is 26.2 Å². The van der Waals surface area contributed by atoms with Gasteiger partial charge >= 0.3 is 0 Å². The largest absolute Gasteiger partial charge is 0.409 e. The normalized spacial score (nSPS) is 22.8. The summed E-state index contributed by atoms with van der Waals surface area (Å²) in [5, 5.41) is 14.7. The lowest BCUT2D eigenvalue weighted by atomic mass is 9.97. The van der Waals surface area contributed by atoms with Gasteiger partial charge < -0.3 is 16.3 Å². The highest BCUT2D eigenvalue weighted by molar-refractivity contribution is 9.10. The van der Waals surface area contributed by atoms with Crippen LogP contribution in [0.25, 0.3) is 0 Å².